The number of amides is 2. The number of benzene rings is 1. The summed E-state index contributed by atoms with van der Waals surface area (Å²) >= 11 is 4.28. The summed E-state index contributed by atoms with van der Waals surface area (Å²) in [5.74, 6) is -0.410. The van der Waals surface area contributed by atoms with Gasteiger partial charge < -0.3 is 15.0 Å². The highest BCUT2D eigenvalue weighted by molar-refractivity contribution is 7.80. The second-order valence-electron chi connectivity index (χ2n) is 4.22. The highest BCUT2D eigenvalue weighted by atomic mass is 32.1. The van der Waals surface area contributed by atoms with E-state index < -0.39 is 6.04 Å². The fourth-order valence-electron chi connectivity index (χ4n) is 2.04. The van der Waals surface area contributed by atoms with E-state index in [9.17, 15) is 9.59 Å². The van der Waals surface area contributed by atoms with E-state index in [1.807, 2.05) is 6.07 Å². The number of rotatable bonds is 2. The Bertz CT molecular complexity index is 493. The third-order valence-electron chi connectivity index (χ3n) is 3.07. The number of carbonyl (C=O) groups is 2. The Balaban J connectivity index is 2.25. The predicted molar refractivity (Wildman–Crippen MR) is 73.4 cm³/mol. The lowest BCUT2D eigenvalue weighted by atomic mass is 10.1. The van der Waals surface area contributed by atoms with Crippen molar-refractivity contribution in [1.82, 2.24) is 10.2 Å². The Morgan fingerprint density at radius 1 is 1.42 bits per heavy atom. The first kappa shape index (κ1) is 13.9. The third-order valence-corrected chi connectivity index (χ3v) is 3.46. The molecule has 1 fully saturated rings. The van der Waals surface area contributed by atoms with E-state index in [4.69, 9.17) is 4.74 Å². The fraction of sp³-hybridized carbons (Fsp3) is 0.385. The molecular weight excluding hydrogens is 264 g/mol. The van der Waals surface area contributed by atoms with Crippen LogP contribution in [0.2, 0.25) is 0 Å². The van der Waals surface area contributed by atoms with E-state index in [1.165, 1.54) is 4.90 Å². The Labute approximate surface area is 117 Å². The molecular formula is C13H16N2O3S. The van der Waals surface area contributed by atoms with Gasteiger partial charge in [-0.15, -0.1) is 12.6 Å². The quantitative estimate of drug-likeness (QED) is 0.778. The summed E-state index contributed by atoms with van der Waals surface area (Å²) in [5, 5.41) is 2.55. The van der Waals surface area contributed by atoms with Gasteiger partial charge in [-0.05, 0) is 12.1 Å². The van der Waals surface area contributed by atoms with Gasteiger partial charge in [0.05, 0.1) is 18.8 Å². The zero-order chi connectivity index (χ0) is 13.8. The van der Waals surface area contributed by atoms with Gasteiger partial charge in [-0.25, -0.2) is 0 Å². The average molecular weight is 280 g/mol. The molecule has 1 atom stereocenters. The SMILES string of the molecule is CNC(=O)C1COCCN1C(=O)c1ccccc1S. The van der Waals surface area contributed by atoms with Crippen LogP contribution in [0.1, 0.15) is 10.4 Å². The molecule has 1 aromatic carbocycles. The maximum Gasteiger partial charge on any atom is 0.255 e. The molecule has 6 heteroatoms. The number of carbonyl (C=O) groups excluding carboxylic acids is 2. The first-order valence-corrected chi connectivity index (χ1v) is 6.48. The van der Waals surface area contributed by atoms with Gasteiger partial charge in [0.2, 0.25) is 5.91 Å². The number of nitrogens with zero attached hydrogens (tertiary/aromatic N) is 1. The minimum atomic E-state index is -0.584. The number of hydrogen-bond acceptors (Lipinski definition) is 4. The van der Waals surface area contributed by atoms with E-state index in [-0.39, 0.29) is 18.4 Å². The third kappa shape index (κ3) is 2.90. The molecule has 1 aliphatic heterocycles. The summed E-state index contributed by atoms with van der Waals surface area (Å²) in [4.78, 5) is 26.4. The minimum absolute atomic E-state index is 0.192. The van der Waals surface area contributed by atoms with Crippen LogP contribution in [0.4, 0.5) is 0 Å². The standard InChI is InChI=1S/C13H16N2O3S/c1-14-12(16)10-8-18-7-6-15(10)13(17)9-4-2-3-5-11(9)19/h2-5,10,19H,6-8H2,1H3,(H,14,16). The van der Waals surface area contributed by atoms with Gasteiger partial charge in [-0.2, -0.15) is 0 Å². The van der Waals surface area contributed by atoms with Crippen molar-refractivity contribution < 1.29 is 14.3 Å². The number of thiol groups is 1. The monoisotopic (exact) mass is 280 g/mol. The molecule has 1 unspecified atom stereocenters. The van der Waals surface area contributed by atoms with Crippen LogP contribution in [0.3, 0.4) is 0 Å². The molecule has 0 aromatic heterocycles. The second kappa shape index (κ2) is 6.08. The maximum atomic E-state index is 12.5. The van der Waals surface area contributed by atoms with Crippen molar-refractivity contribution in [2.75, 3.05) is 26.8 Å². The Morgan fingerprint density at radius 3 is 2.84 bits per heavy atom. The van der Waals surface area contributed by atoms with E-state index in [0.717, 1.165) is 0 Å². The van der Waals surface area contributed by atoms with Crippen LogP contribution in [0.5, 0.6) is 0 Å². The molecule has 0 spiro atoms. The van der Waals surface area contributed by atoms with Crippen LogP contribution in [-0.2, 0) is 9.53 Å². The zero-order valence-electron chi connectivity index (χ0n) is 10.6. The molecule has 1 aliphatic rings. The van der Waals surface area contributed by atoms with Gasteiger partial charge in [0.15, 0.2) is 0 Å². The lowest BCUT2D eigenvalue weighted by molar-refractivity contribution is -0.130. The number of ether oxygens (including phenoxy) is 1. The number of morpholine rings is 1. The summed E-state index contributed by atoms with van der Waals surface area (Å²) in [6.07, 6.45) is 0. The van der Waals surface area contributed by atoms with Crippen LogP contribution >= 0.6 is 12.6 Å². The first-order chi connectivity index (χ1) is 9.15. The Hall–Kier alpha value is -1.53. The van der Waals surface area contributed by atoms with Gasteiger partial charge in [0.1, 0.15) is 6.04 Å². The van der Waals surface area contributed by atoms with Crippen LogP contribution < -0.4 is 5.32 Å². The summed E-state index contributed by atoms with van der Waals surface area (Å²) in [5.41, 5.74) is 0.502. The van der Waals surface area contributed by atoms with Gasteiger partial charge in [0.25, 0.3) is 5.91 Å². The van der Waals surface area contributed by atoms with Crippen LogP contribution in [0, 0.1) is 0 Å². The van der Waals surface area contributed by atoms with E-state index >= 15 is 0 Å². The normalized spacial score (nSPS) is 19.1. The van der Waals surface area contributed by atoms with Crippen LogP contribution in [0.15, 0.2) is 29.2 Å². The molecule has 0 saturated carbocycles. The van der Waals surface area contributed by atoms with Crippen molar-refractivity contribution in [3.8, 4) is 0 Å². The Kier molecular flexibility index (Phi) is 4.44. The molecule has 102 valence electrons. The first-order valence-electron chi connectivity index (χ1n) is 6.03. The Morgan fingerprint density at radius 2 is 2.16 bits per heavy atom. The molecule has 1 saturated heterocycles. The van der Waals surface area contributed by atoms with E-state index in [0.29, 0.717) is 23.6 Å². The summed E-state index contributed by atoms with van der Waals surface area (Å²) in [6.45, 7) is 1.06. The highest BCUT2D eigenvalue weighted by Gasteiger charge is 2.33. The van der Waals surface area contributed by atoms with Crippen molar-refractivity contribution in [2.45, 2.75) is 10.9 Å². The predicted octanol–water partition coefficient (Wildman–Crippen LogP) is 0.562. The highest BCUT2D eigenvalue weighted by Crippen LogP contribution is 2.18. The topological polar surface area (TPSA) is 58.6 Å². The van der Waals surface area contributed by atoms with Crippen molar-refractivity contribution in [1.29, 1.82) is 0 Å². The summed E-state index contributed by atoms with van der Waals surface area (Å²) in [7, 11) is 1.55. The lowest BCUT2D eigenvalue weighted by Crippen LogP contribution is -2.55. The molecule has 2 rings (SSSR count). The molecule has 1 aromatic rings. The largest absolute Gasteiger partial charge is 0.377 e. The summed E-state index contributed by atoms with van der Waals surface area (Å²) < 4.78 is 5.28. The zero-order valence-corrected chi connectivity index (χ0v) is 11.5. The fourth-order valence-corrected chi connectivity index (χ4v) is 2.30. The summed E-state index contributed by atoms with van der Waals surface area (Å²) in [6, 6.07) is 6.48. The van der Waals surface area contributed by atoms with Crippen molar-refractivity contribution in [2.24, 2.45) is 0 Å². The van der Waals surface area contributed by atoms with Crippen LogP contribution in [-0.4, -0.2) is 49.6 Å². The number of likely N-dealkylation sites (N-methyl/N-ethyl adjacent to an activating group) is 1. The molecule has 5 nitrogen and oxygen atoms in total. The van der Waals surface area contributed by atoms with Gasteiger partial charge in [0, 0.05) is 18.5 Å². The minimum Gasteiger partial charge on any atom is -0.377 e. The van der Waals surface area contributed by atoms with Gasteiger partial charge >= 0.3 is 0 Å². The van der Waals surface area contributed by atoms with Gasteiger partial charge in [-0.3, -0.25) is 9.59 Å². The van der Waals surface area contributed by atoms with Gasteiger partial charge in [-0.1, -0.05) is 12.1 Å². The van der Waals surface area contributed by atoms with Crippen molar-refractivity contribution in [3.05, 3.63) is 29.8 Å². The molecule has 0 radical (unpaired) electrons. The maximum absolute atomic E-state index is 12.5. The average Bonchev–Trinajstić information content (AvgIpc) is 2.46. The second-order valence-corrected chi connectivity index (χ2v) is 4.70. The molecule has 0 aliphatic carbocycles. The van der Waals surface area contributed by atoms with Crippen molar-refractivity contribution in [3.63, 3.8) is 0 Å². The molecule has 1 heterocycles. The van der Waals surface area contributed by atoms with E-state index in [1.54, 1.807) is 25.2 Å². The molecule has 0 bridgehead atoms. The number of nitrogens with one attached hydrogen (secondary N) is 1. The number of hydrogen-bond donors (Lipinski definition) is 2. The smallest absolute Gasteiger partial charge is 0.255 e. The van der Waals surface area contributed by atoms with Crippen LogP contribution in [0.25, 0.3) is 0 Å². The molecule has 1 N–H and O–H groups in total. The molecule has 19 heavy (non-hydrogen) atoms. The lowest BCUT2D eigenvalue weighted by Gasteiger charge is -2.34. The molecule has 2 amide bonds. The van der Waals surface area contributed by atoms with Crippen molar-refractivity contribution >= 4 is 24.4 Å². The van der Waals surface area contributed by atoms with E-state index in [2.05, 4.69) is 17.9 Å².